The van der Waals surface area contributed by atoms with E-state index in [2.05, 4.69) is 5.43 Å². The maximum absolute atomic E-state index is 9.33. The number of nitrogens with one attached hydrogen (secondary N) is 2. The van der Waals surface area contributed by atoms with E-state index in [0.29, 0.717) is 6.54 Å². The molecule has 0 aromatic rings. The molecule has 0 heterocycles. The first kappa shape index (κ1) is 6.42. The summed E-state index contributed by atoms with van der Waals surface area (Å²) in [6.07, 6.45) is 2.26. The molecule has 0 radical (unpaired) electrons. The topological polar surface area (TPSA) is 67.3 Å². The van der Waals surface area contributed by atoms with Gasteiger partial charge in [-0.3, -0.25) is 5.43 Å². The zero-order chi connectivity index (χ0) is 5.54. The van der Waals surface area contributed by atoms with E-state index in [1.165, 1.54) is 11.7 Å². The molecule has 7 heavy (non-hydrogen) atoms. The minimum Gasteiger partial charge on any atom is -0.774 e. The molecule has 0 aliphatic rings. The van der Waals surface area contributed by atoms with Crippen LogP contribution in [-0.4, -0.2) is 11.7 Å². The van der Waals surface area contributed by atoms with Crippen molar-refractivity contribution in [2.24, 2.45) is 0 Å². The third kappa shape index (κ3) is 5.42. The van der Waals surface area contributed by atoms with Crippen LogP contribution in [0, 0.1) is 5.21 Å². The van der Waals surface area contributed by atoms with Gasteiger partial charge in [0.15, 0.2) is 0 Å². The van der Waals surface area contributed by atoms with Crippen molar-refractivity contribution in [3.05, 3.63) is 17.5 Å². The van der Waals surface area contributed by atoms with Crippen LogP contribution in [0.3, 0.4) is 0 Å². The van der Waals surface area contributed by atoms with Crippen molar-refractivity contribution in [2.75, 3.05) is 6.54 Å². The molecule has 0 spiro atoms. The van der Waals surface area contributed by atoms with E-state index in [0.717, 1.165) is 6.26 Å². The third-order valence-electron chi connectivity index (χ3n) is 0.397. The number of aliphatic hydroxyl groups excluding tert-OH is 1. The SMILES string of the molecule is [O-]NNCC=CO. The van der Waals surface area contributed by atoms with Gasteiger partial charge in [-0.25, -0.2) is 0 Å². The highest BCUT2D eigenvalue weighted by Crippen LogP contribution is 1.58. The molecule has 42 valence electrons. The first-order valence-electron chi connectivity index (χ1n) is 1.81. The van der Waals surface area contributed by atoms with E-state index >= 15 is 0 Å². The third-order valence-corrected chi connectivity index (χ3v) is 0.397. The Morgan fingerprint density at radius 2 is 2.43 bits per heavy atom. The van der Waals surface area contributed by atoms with Crippen LogP contribution in [-0.2, 0) is 0 Å². The van der Waals surface area contributed by atoms with Crippen molar-refractivity contribution in [2.45, 2.75) is 0 Å². The lowest BCUT2D eigenvalue weighted by Crippen LogP contribution is -2.25. The molecule has 4 heteroatoms. The highest BCUT2D eigenvalue weighted by atomic mass is 16.5. The molecule has 0 saturated carbocycles. The zero-order valence-electron chi connectivity index (χ0n) is 3.72. The van der Waals surface area contributed by atoms with E-state index in [1.807, 2.05) is 0 Å². The van der Waals surface area contributed by atoms with Crippen LogP contribution in [0.15, 0.2) is 12.3 Å². The average Bonchev–Trinajstić information content (AvgIpc) is 1.69. The van der Waals surface area contributed by atoms with Gasteiger partial charge in [-0.05, 0) is 6.08 Å². The van der Waals surface area contributed by atoms with Gasteiger partial charge in [0.25, 0.3) is 0 Å². The molecule has 0 amide bonds. The fourth-order valence-corrected chi connectivity index (χ4v) is 0.153. The van der Waals surface area contributed by atoms with Crippen LogP contribution in [0.4, 0.5) is 0 Å². The van der Waals surface area contributed by atoms with E-state index in [4.69, 9.17) is 5.11 Å². The molecular formula is C3H7N2O2-. The second kappa shape index (κ2) is 5.42. The van der Waals surface area contributed by atoms with Crippen LogP contribution in [0.2, 0.25) is 0 Å². The molecule has 0 saturated heterocycles. The minimum absolute atomic E-state index is 0.333. The Bertz CT molecular complexity index is 54.9. The molecule has 4 nitrogen and oxygen atoms in total. The Morgan fingerprint density at radius 3 is 2.86 bits per heavy atom. The first-order valence-corrected chi connectivity index (χ1v) is 1.81. The normalized spacial score (nSPS) is 10.4. The lowest BCUT2D eigenvalue weighted by Gasteiger charge is -2.04. The molecule has 0 aromatic carbocycles. The van der Waals surface area contributed by atoms with Crippen LogP contribution in [0.25, 0.3) is 0 Å². The van der Waals surface area contributed by atoms with Gasteiger partial charge in [0.05, 0.1) is 6.26 Å². The Labute approximate surface area is 41.4 Å². The molecule has 0 aromatic heterocycles. The predicted molar refractivity (Wildman–Crippen MR) is 26.3 cm³/mol. The van der Waals surface area contributed by atoms with Crippen LogP contribution < -0.4 is 11.0 Å². The molecule has 0 fully saturated rings. The summed E-state index contributed by atoms with van der Waals surface area (Å²) in [5, 5.41) is 17.3. The van der Waals surface area contributed by atoms with Gasteiger partial charge in [0.2, 0.25) is 0 Å². The lowest BCUT2D eigenvalue weighted by molar-refractivity contribution is 0.469. The van der Waals surface area contributed by atoms with Gasteiger partial charge in [-0.2, -0.15) is 0 Å². The Hall–Kier alpha value is -0.580. The number of hydrogen-bond donors (Lipinski definition) is 3. The van der Waals surface area contributed by atoms with Crippen molar-refractivity contribution in [1.29, 1.82) is 0 Å². The largest absolute Gasteiger partial charge is 0.774 e. The number of hydrazine groups is 1. The maximum Gasteiger partial charge on any atom is 0.0765 e. The smallest absolute Gasteiger partial charge is 0.0765 e. The summed E-state index contributed by atoms with van der Waals surface area (Å²) in [5.41, 5.74) is 3.64. The number of hydrogen-bond acceptors (Lipinski definition) is 4. The lowest BCUT2D eigenvalue weighted by atomic mass is 10.6. The summed E-state index contributed by atoms with van der Waals surface area (Å²) in [5.74, 6) is 0. The van der Waals surface area contributed by atoms with Gasteiger partial charge < -0.3 is 15.9 Å². The summed E-state index contributed by atoms with van der Waals surface area (Å²) < 4.78 is 0. The van der Waals surface area contributed by atoms with Crippen molar-refractivity contribution >= 4 is 0 Å². The highest BCUT2D eigenvalue weighted by molar-refractivity contribution is 4.72. The minimum atomic E-state index is 0.333. The van der Waals surface area contributed by atoms with E-state index in [9.17, 15) is 5.21 Å². The summed E-state index contributed by atoms with van der Waals surface area (Å²) in [6, 6.07) is 0. The molecule has 0 aliphatic carbocycles. The molecular weight excluding hydrogens is 96.0 g/mol. The molecule has 3 N–H and O–H groups in total. The maximum atomic E-state index is 9.33. The molecule has 0 rings (SSSR count). The van der Waals surface area contributed by atoms with E-state index < -0.39 is 0 Å². The fraction of sp³-hybridized carbons (Fsp3) is 0.333. The zero-order valence-corrected chi connectivity index (χ0v) is 3.72. The predicted octanol–water partition coefficient (Wildman–Crippen LogP) is -0.350. The van der Waals surface area contributed by atoms with Gasteiger partial charge in [-0.1, -0.05) is 0 Å². The van der Waals surface area contributed by atoms with Crippen molar-refractivity contribution < 1.29 is 5.11 Å². The Kier molecular flexibility index (Phi) is 4.97. The quantitative estimate of drug-likeness (QED) is 0.259. The number of rotatable bonds is 3. The van der Waals surface area contributed by atoms with Crippen molar-refractivity contribution in [1.82, 2.24) is 11.0 Å². The second-order valence-electron chi connectivity index (χ2n) is 0.868. The highest BCUT2D eigenvalue weighted by Gasteiger charge is 1.64. The van der Waals surface area contributed by atoms with Crippen molar-refractivity contribution in [3.63, 3.8) is 0 Å². The van der Waals surface area contributed by atoms with Crippen LogP contribution >= 0.6 is 0 Å². The van der Waals surface area contributed by atoms with Gasteiger partial charge in [-0.15, -0.1) is 0 Å². The summed E-state index contributed by atoms with van der Waals surface area (Å²) in [7, 11) is 0. The van der Waals surface area contributed by atoms with E-state index in [1.54, 1.807) is 0 Å². The monoisotopic (exact) mass is 103 g/mol. The average molecular weight is 103 g/mol. The molecule has 0 atom stereocenters. The van der Waals surface area contributed by atoms with Gasteiger partial charge in [0, 0.05) is 6.54 Å². The Morgan fingerprint density at radius 1 is 1.71 bits per heavy atom. The second-order valence-corrected chi connectivity index (χ2v) is 0.868. The standard InChI is InChI=1S/C3H7N2O2/c6-3-1-2-4-5-7/h1,3-6H,2H2/q-1. The van der Waals surface area contributed by atoms with Crippen molar-refractivity contribution in [3.8, 4) is 0 Å². The van der Waals surface area contributed by atoms with Gasteiger partial charge in [0.1, 0.15) is 0 Å². The molecule has 0 unspecified atom stereocenters. The summed E-state index contributed by atoms with van der Waals surface area (Å²) in [4.78, 5) is 0. The Balaban J connectivity index is 2.69. The van der Waals surface area contributed by atoms with Crippen LogP contribution in [0.5, 0.6) is 0 Å². The molecule has 0 bridgehead atoms. The van der Waals surface area contributed by atoms with Gasteiger partial charge >= 0.3 is 0 Å². The fourth-order valence-electron chi connectivity index (χ4n) is 0.153. The number of aliphatic hydroxyl groups is 1. The van der Waals surface area contributed by atoms with E-state index in [-0.39, 0.29) is 0 Å². The first-order chi connectivity index (χ1) is 3.41. The van der Waals surface area contributed by atoms with Crippen LogP contribution in [0.1, 0.15) is 0 Å². The summed E-state index contributed by atoms with van der Waals surface area (Å²) >= 11 is 0. The molecule has 0 aliphatic heterocycles. The summed E-state index contributed by atoms with van der Waals surface area (Å²) in [6.45, 7) is 0.333.